The molecule has 2 aliphatic rings. The van der Waals surface area contributed by atoms with Crippen LogP contribution in [-0.2, 0) is 11.3 Å². The van der Waals surface area contributed by atoms with E-state index in [1.165, 1.54) is 23.5 Å². The maximum absolute atomic E-state index is 12.8. The number of carbonyl (C=O) groups is 1. The van der Waals surface area contributed by atoms with Gasteiger partial charge in [-0.1, -0.05) is 17.4 Å². The van der Waals surface area contributed by atoms with Crippen molar-refractivity contribution < 1.29 is 37.7 Å². The first-order valence-electron chi connectivity index (χ1n) is 10.4. The van der Waals surface area contributed by atoms with Gasteiger partial charge in [-0.3, -0.25) is 4.79 Å². The molecule has 2 aromatic heterocycles. The third kappa shape index (κ3) is 4.84. The molecule has 0 amide bonds. The lowest BCUT2D eigenvalue weighted by molar-refractivity contribution is -0.275. The zero-order valence-electron chi connectivity index (χ0n) is 17.8. The van der Waals surface area contributed by atoms with Crippen LogP contribution in [-0.4, -0.2) is 71.6 Å². The molecule has 0 bridgehead atoms. The van der Waals surface area contributed by atoms with Gasteiger partial charge < -0.3 is 24.6 Å². The Morgan fingerprint density at radius 2 is 2.03 bits per heavy atom. The molecule has 2 aliphatic heterocycles. The van der Waals surface area contributed by atoms with E-state index in [-0.39, 0.29) is 23.6 Å². The number of ether oxygens (including phenoxy) is 2. The van der Waals surface area contributed by atoms with E-state index in [4.69, 9.17) is 9.84 Å². The van der Waals surface area contributed by atoms with Crippen molar-refractivity contribution in [2.45, 2.75) is 43.9 Å². The van der Waals surface area contributed by atoms with Crippen molar-refractivity contribution in [3.63, 3.8) is 0 Å². The molecule has 1 unspecified atom stereocenters. The van der Waals surface area contributed by atoms with Gasteiger partial charge in [0.15, 0.2) is 11.6 Å². The van der Waals surface area contributed by atoms with Gasteiger partial charge in [0.05, 0.1) is 11.7 Å². The quantitative estimate of drug-likeness (QED) is 0.516. The molecule has 1 aromatic carbocycles. The number of aromatic nitrogens is 6. The van der Waals surface area contributed by atoms with Gasteiger partial charge in [0.1, 0.15) is 17.1 Å². The second-order valence-electron chi connectivity index (χ2n) is 8.13. The Morgan fingerprint density at radius 3 is 2.74 bits per heavy atom. The number of rotatable bonds is 5. The van der Waals surface area contributed by atoms with E-state index >= 15 is 0 Å². The number of aliphatic hydroxyl groups is 1. The molecule has 2 N–H and O–H groups in total. The number of anilines is 1. The lowest BCUT2D eigenvalue weighted by Gasteiger charge is -2.46. The van der Waals surface area contributed by atoms with E-state index in [9.17, 15) is 23.1 Å². The zero-order valence-corrected chi connectivity index (χ0v) is 18.7. The molecular formula is C19H18F3N7O5S. The van der Waals surface area contributed by atoms with Crippen LogP contribution in [0.1, 0.15) is 30.9 Å². The summed E-state index contributed by atoms with van der Waals surface area (Å²) >= 11 is 1.22. The highest BCUT2D eigenvalue weighted by molar-refractivity contribution is 7.18. The Kier molecular flexibility index (Phi) is 5.71. The Hall–Kier alpha value is -3.53. The van der Waals surface area contributed by atoms with Crippen LogP contribution in [0.3, 0.4) is 0 Å². The van der Waals surface area contributed by atoms with Gasteiger partial charge in [0.25, 0.3) is 0 Å². The molecule has 1 saturated heterocycles. The number of alkyl halides is 3. The molecule has 0 saturated carbocycles. The van der Waals surface area contributed by atoms with Crippen LogP contribution < -0.4 is 14.4 Å². The van der Waals surface area contributed by atoms with Crippen LogP contribution in [0.2, 0.25) is 0 Å². The summed E-state index contributed by atoms with van der Waals surface area (Å²) in [5, 5.41) is 40.2. The summed E-state index contributed by atoms with van der Waals surface area (Å²) in [7, 11) is 0. The van der Waals surface area contributed by atoms with Gasteiger partial charge in [0.2, 0.25) is 11.0 Å². The van der Waals surface area contributed by atoms with Crippen LogP contribution in [0.15, 0.2) is 18.2 Å². The molecule has 1 atom stereocenters. The van der Waals surface area contributed by atoms with Gasteiger partial charge in [0, 0.05) is 32.4 Å². The van der Waals surface area contributed by atoms with Crippen LogP contribution >= 0.6 is 11.3 Å². The molecule has 0 aliphatic carbocycles. The van der Waals surface area contributed by atoms with Gasteiger partial charge in [-0.2, -0.15) is 4.80 Å². The SMILES string of the molecule is O=C(O)Cn1nnc(-c2nnc(N3CCC4(CC3)CC(O)c3c(OC(F)(F)F)cccc3O4)s2)n1. The summed E-state index contributed by atoms with van der Waals surface area (Å²) in [6, 6.07) is 4.07. The van der Waals surface area contributed by atoms with Crippen molar-refractivity contribution in [1.29, 1.82) is 0 Å². The second kappa shape index (κ2) is 8.60. The predicted molar refractivity (Wildman–Crippen MR) is 112 cm³/mol. The summed E-state index contributed by atoms with van der Waals surface area (Å²) < 4.78 is 48.5. The summed E-state index contributed by atoms with van der Waals surface area (Å²) in [5.74, 6) is -1.23. The van der Waals surface area contributed by atoms with Crippen molar-refractivity contribution in [2.24, 2.45) is 0 Å². The topological polar surface area (TPSA) is 149 Å². The lowest BCUT2D eigenvalue weighted by Crippen LogP contribution is -2.50. The highest BCUT2D eigenvalue weighted by atomic mass is 32.1. The molecule has 16 heteroatoms. The summed E-state index contributed by atoms with van der Waals surface area (Å²) in [4.78, 5) is 13.7. The van der Waals surface area contributed by atoms with E-state index < -0.39 is 36.3 Å². The molecule has 0 radical (unpaired) electrons. The van der Waals surface area contributed by atoms with Gasteiger partial charge in [-0.15, -0.1) is 33.6 Å². The average Bonchev–Trinajstić information content (AvgIpc) is 3.42. The molecule has 12 nitrogen and oxygen atoms in total. The van der Waals surface area contributed by atoms with Gasteiger partial charge >= 0.3 is 12.3 Å². The molecular weight excluding hydrogens is 495 g/mol. The minimum absolute atomic E-state index is 0.00455. The van der Waals surface area contributed by atoms with Crippen molar-refractivity contribution in [2.75, 3.05) is 18.0 Å². The predicted octanol–water partition coefficient (Wildman–Crippen LogP) is 2.03. The van der Waals surface area contributed by atoms with Crippen molar-refractivity contribution >= 4 is 22.4 Å². The minimum atomic E-state index is -4.88. The number of nitrogens with zero attached hydrogens (tertiary/aromatic N) is 7. The number of piperidine rings is 1. The summed E-state index contributed by atoms with van der Waals surface area (Å²) in [6.07, 6.45) is -4.93. The average molecular weight is 513 g/mol. The Bertz CT molecular complexity index is 1240. The lowest BCUT2D eigenvalue weighted by atomic mass is 9.81. The molecule has 35 heavy (non-hydrogen) atoms. The van der Waals surface area contributed by atoms with E-state index in [0.29, 0.717) is 36.1 Å². The van der Waals surface area contributed by atoms with Gasteiger partial charge in [-0.25, -0.2) is 0 Å². The smallest absolute Gasteiger partial charge is 0.486 e. The fourth-order valence-corrected chi connectivity index (χ4v) is 5.07. The van der Waals surface area contributed by atoms with Crippen molar-refractivity contribution in [3.05, 3.63) is 23.8 Å². The number of hydrogen-bond acceptors (Lipinski definition) is 11. The number of carboxylic acids is 1. The normalized spacial score (nSPS) is 19.3. The van der Waals surface area contributed by atoms with Crippen LogP contribution in [0, 0.1) is 0 Å². The first-order valence-corrected chi connectivity index (χ1v) is 11.3. The largest absolute Gasteiger partial charge is 0.573 e. The maximum atomic E-state index is 12.8. The maximum Gasteiger partial charge on any atom is 0.573 e. The van der Waals surface area contributed by atoms with E-state index in [1.807, 2.05) is 4.90 Å². The first-order chi connectivity index (χ1) is 16.6. The third-order valence-electron chi connectivity index (χ3n) is 5.76. The standard InChI is InChI=1S/C19H18F3N7O5S/c20-19(21,22)34-12-3-1-2-11-14(12)10(30)8-18(33-11)4-6-28(7-5-18)17-25-24-16(35-17)15-23-27-29(26-15)9-13(31)32/h1-3,10,30H,4-9H2,(H,31,32). The number of aliphatic carboxylic acids is 1. The molecule has 1 spiro atoms. The number of carboxylic acid groups (broad SMARTS) is 1. The monoisotopic (exact) mass is 513 g/mol. The fourth-order valence-electron chi connectivity index (χ4n) is 4.25. The second-order valence-corrected chi connectivity index (χ2v) is 9.09. The Balaban J connectivity index is 1.27. The van der Waals surface area contributed by atoms with E-state index in [1.54, 1.807) is 0 Å². The highest BCUT2D eigenvalue weighted by Gasteiger charge is 2.45. The van der Waals surface area contributed by atoms with Crippen molar-refractivity contribution in [1.82, 2.24) is 30.4 Å². The number of fused-ring (bicyclic) bond motifs is 1. The molecule has 1 fully saturated rings. The number of tetrazole rings is 1. The number of aliphatic hydroxyl groups excluding tert-OH is 1. The molecule has 5 rings (SSSR count). The first kappa shape index (κ1) is 23.2. The summed E-state index contributed by atoms with van der Waals surface area (Å²) in [6.45, 7) is 0.592. The van der Waals surface area contributed by atoms with Crippen molar-refractivity contribution in [3.8, 4) is 22.3 Å². The van der Waals surface area contributed by atoms with E-state index in [2.05, 4.69) is 30.3 Å². The van der Waals surface area contributed by atoms with Gasteiger partial charge in [-0.05, 0) is 17.3 Å². The molecule has 3 aromatic rings. The Labute approximate surface area is 198 Å². The Morgan fingerprint density at radius 1 is 1.26 bits per heavy atom. The van der Waals surface area contributed by atoms with Crippen LogP contribution in [0.25, 0.3) is 10.8 Å². The van der Waals surface area contributed by atoms with Crippen LogP contribution in [0.4, 0.5) is 18.3 Å². The van der Waals surface area contributed by atoms with E-state index in [0.717, 1.165) is 10.9 Å². The zero-order chi connectivity index (χ0) is 24.8. The number of benzene rings is 1. The summed E-state index contributed by atoms with van der Waals surface area (Å²) in [5.41, 5.74) is -0.746. The highest BCUT2D eigenvalue weighted by Crippen LogP contribution is 2.48. The van der Waals surface area contributed by atoms with Crippen LogP contribution in [0.5, 0.6) is 11.5 Å². The number of hydrogen-bond donors (Lipinski definition) is 2. The molecule has 4 heterocycles. The fraction of sp³-hybridized carbons (Fsp3) is 0.474. The number of halogens is 3. The third-order valence-corrected chi connectivity index (χ3v) is 6.74. The minimum Gasteiger partial charge on any atom is -0.486 e. The molecule has 186 valence electrons.